The molecule has 0 aromatic carbocycles. The molecule has 24 nitrogen and oxygen atoms in total. The first-order valence-corrected chi connectivity index (χ1v) is 23.3. The SMILES string of the molecule is CCCCOc1cnc(-c2nn(S(=O)(=O)NC(=O)N3C[C@H](NC(=O)/C(=N\OC(C)(C)C(=O)OC(C)(C)C)c4csc(NC(=O)OC(C)(C)C)n4)C3=O)c(=O)n2C[C@H](C)O)cc1OCCCC. The fourth-order valence-electron chi connectivity index (χ4n) is 5.36. The number of nitrogens with one attached hydrogen (secondary N) is 3. The van der Waals surface area contributed by atoms with Crippen LogP contribution in [-0.4, -0.2) is 126 Å². The van der Waals surface area contributed by atoms with E-state index in [0.29, 0.717) is 30.3 Å². The number of aromatic nitrogens is 5. The van der Waals surface area contributed by atoms with Crippen molar-refractivity contribution in [2.24, 2.45) is 5.16 Å². The number of thiazole rings is 1. The van der Waals surface area contributed by atoms with Gasteiger partial charge in [0.15, 0.2) is 28.2 Å². The fourth-order valence-corrected chi connectivity index (χ4v) is 6.94. The van der Waals surface area contributed by atoms with Crippen molar-refractivity contribution in [3.8, 4) is 23.0 Å². The summed E-state index contributed by atoms with van der Waals surface area (Å²) in [4.78, 5) is 93.5. The van der Waals surface area contributed by atoms with Gasteiger partial charge in [-0.2, -0.15) is 8.42 Å². The average Bonchev–Trinajstić information content (AvgIpc) is 3.78. The van der Waals surface area contributed by atoms with Crippen LogP contribution in [0, 0.1) is 0 Å². The largest absolute Gasteiger partial charge is 0.490 e. The summed E-state index contributed by atoms with van der Waals surface area (Å²) in [6.45, 7) is 17.6. The van der Waals surface area contributed by atoms with E-state index in [1.54, 1.807) is 46.3 Å². The van der Waals surface area contributed by atoms with Gasteiger partial charge in [-0.15, -0.1) is 16.4 Å². The number of carbonyl (C=O) groups excluding carboxylic acids is 5. The maximum atomic E-state index is 13.7. The Balaban J connectivity index is 1.55. The van der Waals surface area contributed by atoms with Crippen LogP contribution < -0.4 is 30.5 Å². The molecule has 364 valence electrons. The minimum absolute atomic E-state index is 0.0142. The van der Waals surface area contributed by atoms with Crippen LogP contribution in [0.3, 0.4) is 0 Å². The molecule has 0 saturated carbocycles. The lowest BCUT2D eigenvalue weighted by Crippen LogP contribution is -2.68. The highest BCUT2D eigenvalue weighted by Gasteiger charge is 2.44. The molecule has 3 aromatic rings. The van der Waals surface area contributed by atoms with E-state index >= 15 is 0 Å². The number of β-lactam (4-membered cyclic amide) rings is 1. The summed E-state index contributed by atoms with van der Waals surface area (Å²) >= 11 is 0.883. The van der Waals surface area contributed by atoms with E-state index in [4.69, 9.17) is 23.8 Å². The third kappa shape index (κ3) is 14.2. The number of likely N-dealkylation sites (tertiary alicyclic amines) is 1. The van der Waals surface area contributed by atoms with E-state index in [2.05, 4.69) is 30.9 Å². The number of unbranched alkanes of at least 4 members (excludes halogenated alkanes) is 2. The van der Waals surface area contributed by atoms with E-state index < -0.39 is 93.6 Å². The Kier molecular flexibility index (Phi) is 17.0. The number of imide groups is 1. The van der Waals surface area contributed by atoms with Gasteiger partial charge in [0.05, 0.1) is 38.6 Å². The second-order valence-corrected chi connectivity index (χ2v) is 19.8. The van der Waals surface area contributed by atoms with Crippen LogP contribution in [0.2, 0.25) is 0 Å². The van der Waals surface area contributed by atoms with E-state index in [0.717, 1.165) is 35.2 Å². The Morgan fingerprint density at radius 3 is 2.17 bits per heavy atom. The maximum Gasteiger partial charge on any atom is 0.413 e. The van der Waals surface area contributed by atoms with E-state index in [9.17, 15) is 42.3 Å². The van der Waals surface area contributed by atoms with Crippen LogP contribution in [0.1, 0.15) is 108 Å². The van der Waals surface area contributed by atoms with Gasteiger partial charge in [0, 0.05) is 11.4 Å². The predicted octanol–water partition coefficient (Wildman–Crippen LogP) is 3.32. The number of amides is 5. The van der Waals surface area contributed by atoms with Crippen molar-refractivity contribution < 1.29 is 61.3 Å². The van der Waals surface area contributed by atoms with Crippen molar-refractivity contribution in [1.29, 1.82) is 0 Å². The highest BCUT2D eigenvalue weighted by atomic mass is 32.2. The number of ether oxygens (including phenoxy) is 4. The van der Waals surface area contributed by atoms with Gasteiger partial charge in [0.2, 0.25) is 5.60 Å². The number of hydrogen-bond donors (Lipinski definition) is 4. The number of aliphatic hydroxyl groups is 1. The Labute approximate surface area is 385 Å². The molecule has 4 heterocycles. The van der Waals surface area contributed by atoms with Crippen molar-refractivity contribution in [3.63, 3.8) is 0 Å². The highest BCUT2D eigenvalue weighted by molar-refractivity contribution is 7.88. The second kappa shape index (κ2) is 21.4. The Bertz CT molecular complexity index is 2460. The first-order chi connectivity index (χ1) is 30.7. The number of carbonyl (C=O) groups is 5. The van der Waals surface area contributed by atoms with Gasteiger partial charge in [-0.05, 0) is 75.2 Å². The molecular formula is C40H58N10O14S2. The Morgan fingerprint density at radius 2 is 1.59 bits per heavy atom. The number of anilines is 1. The molecule has 2 atom stereocenters. The third-order valence-corrected chi connectivity index (χ3v) is 10.5. The molecule has 66 heavy (non-hydrogen) atoms. The van der Waals surface area contributed by atoms with E-state index in [1.807, 2.05) is 13.8 Å². The minimum Gasteiger partial charge on any atom is -0.490 e. The van der Waals surface area contributed by atoms with Gasteiger partial charge in [-0.3, -0.25) is 24.4 Å². The van der Waals surface area contributed by atoms with Crippen LogP contribution in [0.25, 0.3) is 11.5 Å². The Morgan fingerprint density at radius 1 is 0.970 bits per heavy atom. The Hall–Kier alpha value is -6.15. The average molecular weight is 967 g/mol. The summed E-state index contributed by atoms with van der Waals surface area (Å²) in [6.07, 6.45) is 2.50. The summed E-state index contributed by atoms with van der Waals surface area (Å²) < 4.78 is 52.0. The van der Waals surface area contributed by atoms with Gasteiger partial charge in [0.25, 0.3) is 11.8 Å². The highest BCUT2D eigenvalue weighted by Crippen LogP contribution is 2.31. The predicted molar refractivity (Wildman–Crippen MR) is 238 cm³/mol. The van der Waals surface area contributed by atoms with Crippen molar-refractivity contribution in [1.82, 2.24) is 38.7 Å². The molecule has 1 aliphatic rings. The standard InChI is InChI=1S/C40H58N10O14S2/c1-12-14-16-60-27-18-24(41-19-28(27)61-17-15-13-2)30-45-50(37(57)48(30)20-23(3)51)66(58,59)47-35(55)49-21-25(32(49)53)42-31(52)29(46-64-40(10,11)33(54)62-38(4,5)6)26-22-65-34(43-26)44-36(56)63-39(7,8)9/h18-19,22-23,25,51H,12-17,20-21H2,1-11H3,(H,42,52)(H,47,55)(H,43,44,56)/b46-29-/t23-,25-/m0/s1. The zero-order valence-corrected chi connectivity index (χ0v) is 40.4. The zero-order chi connectivity index (χ0) is 49.4. The van der Waals surface area contributed by atoms with Crippen LogP contribution in [0.15, 0.2) is 27.6 Å². The molecule has 0 bridgehead atoms. The lowest BCUT2D eigenvalue weighted by atomic mass is 10.1. The number of oxime groups is 1. The summed E-state index contributed by atoms with van der Waals surface area (Å²) in [5, 5.41) is 24.2. The minimum atomic E-state index is -5.17. The topological polar surface area (TPSA) is 303 Å². The van der Waals surface area contributed by atoms with Crippen LogP contribution >= 0.6 is 11.3 Å². The lowest BCUT2D eigenvalue weighted by molar-refractivity contribution is -0.179. The molecule has 0 aliphatic carbocycles. The molecule has 0 radical (unpaired) electrons. The number of pyridine rings is 1. The van der Waals surface area contributed by atoms with Crippen LogP contribution in [-0.2, 0) is 45.4 Å². The summed E-state index contributed by atoms with van der Waals surface area (Å²) in [5.41, 5.74) is -5.51. The van der Waals surface area contributed by atoms with Crippen molar-refractivity contribution >= 4 is 62.3 Å². The van der Waals surface area contributed by atoms with E-state index in [1.165, 1.54) is 38.4 Å². The number of rotatable bonds is 20. The smallest absolute Gasteiger partial charge is 0.413 e. The molecule has 1 aliphatic heterocycles. The number of nitrogens with zero attached hydrogens (tertiary/aromatic N) is 7. The van der Waals surface area contributed by atoms with Gasteiger partial charge in [0.1, 0.15) is 28.6 Å². The number of esters is 1. The van der Waals surface area contributed by atoms with Gasteiger partial charge in [-0.1, -0.05) is 35.9 Å². The van der Waals surface area contributed by atoms with Crippen LogP contribution in [0.4, 0.5) is 14.7 Å². The van der Waals surface area contributed by atoms with Gasteiger partial charge < -0.3 is 34.2 Å². The first kappa shape index (κ1) is 52.5. The summed E-state index contributed by atoms with van der Waals surface area (Å²) in [7, 11) is -5.17. The van der Waals surface area contributed by atoms with Crippen molar-refractivity contribution in [2.45, 2.75) is 137 Å². The molecule has 0 unspecified atom stereocenters. The molecule has 4 rings (SSSR count). The normalized spacial score (nSPS) is 15.0. The number of hydrogen-bond acceptors (Lipinski definition) is 19. The first-order valence-electron chi connectivity index (χ1n) is 20.9. The summed E-state index contributed by atoms with van der Waals surface area (Å²) in [6, 6.07) is -1.49. The van der Waals surface area contributed by atoms with Crippen molar-refractivity contribution in [2.75, 3.05) is 25.1 Å². The van der Waals surface area contributed by atoms with Crippen molar-refractivity contribution in [3.05, 3.63) is 33.8 Å². The summed E-state index contributed by atoms with van der Waals surface area (Å²) in [5.74, 6) is -2.71. The quantitative estimate of drug-likeness (QED) is 0.0415. The number of urea groups is 1. The van der Waals surface area contributed by atoms with Crippen LogP contribution in [0.5, 0.6) is 11.5 Å². The molecule has 3 aromatic heterocycles. The molecular weight excluding hydrogens is 909 g/mol. The van der Waals surface area contributed by atoms with Gasteiger partial charge in [-0.25, -0.2) is 33.9 Å². The molecule has 5 amide bonds. The molecule has 1 fully saturated rings. The fraction of sp³-hybridized carbons (Fsp3) is 0.600. The third-order valence-electron chi connectivity index (χ3n) is 8.60. The molecule has 0 spiro atoms. The zero-order valence-electron chi connectivity index (χ0n) is 38.7. The lowest BCUT2D eigenvalue weighted by Gasteiger charge is -2.36. The molecule has 26 heteroatoms. The molecule has 1 saturated heterocycles. The number of aliphatic hydroxyl groups excluding tert-OH is 1. The molecule has 4 N–H and O–H groups in total. The van der Waals surface area contributed by atoms with Gasteiger partial charge >= 0.3 is 34.0 Å². The monoisotopic (exact) mass is 966 g/mol. The second-order valence-electron chi connectivity index (χ2n) is 17.4. The van der Waals surface area contributed by atoms with E-state index in [-0.39, 0.29) is 32.2 Å². The maximum absolute atomic E-state index is 13.7.